The Morgan fingerprint density at radius 1 is 1.12 bits per heavy atom. The highest BCUT2D eigenvalue weighted by Crippen LogP contribution is 2.33. The molecule has 8 heteroatoms. The second kappa shape index (κ2) is 7.07. The number of ether oxygens (including phenoxy) is 2. The van der Waals surface area contributed by atoms with Crippen LogP contribution in [0.1, 0.15) is 10.4 Å². The van der Waals surface area contributed by atoms with Gasteiger partial charge in [0.15, 0.2) is 16.3 Å². The van der Waals surface area contributed by atoms with Gasteiger partial charge < -0.3 is 14.0 Å². The number of nitrogens with zero attached hydrogens (tertiary/aromatic N) is 2. The summed E-state index contributed by atoms with van der Waals surface area (Å²) in [7, 11) is 4.98. The van der Waals surface area contributed by atoms with E-state index in [9.17, 15) is 4.79 Å². The van der Waals surface area contributed by atoms with Crippen molar-refractivity contribution in [3.05, 3.63) is 50.7 Å². The number of methoxy groups -OCH3 is 2. The van der Waals surface area contributed by atoms with Crippen LogP contribution in [-0.4, -0.2) is 24.7 Å². The zero-order valence-electron chi connectivity index (χ0n) is 13.7. The largest absolute Gasteiger partial charge is 0.493 e. The van der Waals surface area contributed by atoms with Gasteiger partial charge in [-0.1, -0.05) is 34.5 Å². The van der Waals surface area contributed by atoms with Crippen molar-refractivity contribution in [2.24, 2.45) is 12.0 Å². The normalized spacial score (nSPS) is 11.8. The van der Waals surface area contributed by atoms with E-state index in [4.69, 9.17) is 32.7 Å². The third kappa shape index (κ3) is 3.38. The summed E-state index contributed by atoms with van der Waals surface area (Å²) in [6.45, 7) is 0. The number of amides is 1. The van der Waals surface area contributed by atoms with Crippen LogP contribution in [-0.2, 0) is 7.05 Å². The van der Waals surface area contributed by atoms with Gasteiger partial charge in [0.25, 0.3) is 5.91 Å². The molecule has 0 unspecified atom stereocenters. The molecule has 0 spiro atoms. The topological polar surface area (TPSA) is 52.8 Å². The molecule has 2 aromatic carbocycles. The Morgan fingerprint density at radius 3 is 2.48 bits per heavy atom. The van der Waals surface area contributed by atoms with E-state index in [1.54, 1.807) is 26.4 Å². The van der Waals surface area contributed by atoms with E-state index < -0.39 is 5.91 Å². The lowest BCUT2D eigenvalue weighted by Gasteiger charge is -2.07. The Bertz CT molecular complexity index is 1040. The first kappa shape index (κ1) is 17.8. The first-order valence-corrected chi connectivity index (χ1v) is 8.77. The predicted molar refractivity (Wildman–Crippen MR) is 100 cm³/mol. The number of halogens is 2. The Morgan fingerprint density at radius 2 is 1.80 bits per heavy atom. The second-order valence-electron chi connectivity index (χ2n) is 5.16. The summed E-state index contributed by atoms with van der Waals surface area (Å²) in [5.74, 6) is 0.778. The van der Waals surface area contributed by atoms with Crippen LogP contribution in [0.25, 0.3) is 10.2 Å². The fraction of sp³-hybridized carbons (Fsp3) is 0.176. The average Bonchev–Trinajstić information content (AvgIpc) is 2.90. The Labute approximate surface area is 158 Å². The van der Waals surface area contributed by atoms with Crippen LogP contribution in [0.15, 0.2) is 35.3 Å². The lowest BCUT2D eigenvalue weighted by atomic mass is 10.2. The summed E-state index contributed by atoms with van der Waals surface area (Å²) >= 11 is 13.4. The van der Waals surface area contributed by atoms with Gasteiger partial charge in [-0.3, -0.25) is 4.79 Å². The van der Waals surface area contributed by atoms with Gasteiger partial charge in [-0.25, -0.2) is 0 Å². The number of aryl methyl sites for hydroxylation is 1. The molecule has 0 N–H and O–H groups in total. The van der Waals surface area contributed by atoms with Crippen LogP contribution < -0.4 is 14.3 Å². The minimum atomic E-state index is -0.450. The number of fused-ring (bicyclic) bond motifs is 1. The Balaban J connectivity index is 2.15. The zero-order chi connectivity index (χ0) is 18.1. The lowest BCUT2D eigenvalue weighted by Crippen LogP contribution is -2.13. The van der Waals surface area contributed by atoms with Crippen molar-refractivity contribution in [2.75, 3.05) is 14.2 Å². The first-order chi connectivity index (χ1) is 11.9. The number of rotatable bonds is 3. The molecule has 3 rings (SSSR count). The first-order valence-electron chi connectivity index (χ1n) is 7.20. The van der Waals surface area contributed by atoms with Gasteiger partial charge in [0, 0.05) is 24.2 Å². The minimum absolute atomic E-state index is 0.266. The van der Waals surface area contributed by atoms with E-state index >= 15 is 0 Å². The third-order valence-electron chi connectivity index (χ3n) is 3.67. The number of aromatic nitrogens is 1. The fourth-order valence-corrected chi connectivity index (χ4v) is 3.77. The lowest BCUT2D eigenvalue weighted by molar-refractivity contribution is 0.0998. The molecule has 0 radical (unpaired) electrons. The van der Waals surface area contributed by atoms with Crippen LogP contribution in [0, 0.1) is 0 Å². The monoisotopic (exact) mass is 396 g/mol. The smallest absolute Gasteiger partial charge is 0.281 e. The molecule has 0 aliphatic heterocycles. The molecule has 0 saturated carbocycles. The van der Waals surface area contributed by atoms with Crippen LogP contribution in [0.3, 0.4) is 0 Å². The zero-order valence-corrected chi connectivity index (χ0v) is 16.0. The molecule has 1 aromatic heterocycles. The Kier molecular flexibility index (Phi) is 5.03. The van der Waals surface area contributed by atoms with E-state index in [1.165, 1.54) is 17.4 Å². The standard InChI is InChI=1S/C17H14Cl2N2O3S/c1-21-12-7-13(23-2)14(24-3)8-15(12)25-17(21)20-16(22)10-6-9(18)4-5-11(10)19/h4-8H,1-3H3. The van der Waals surface area contributed by atoms with E-state index in [1.807, 2.05) is 23.7 Å². The SMILES string of the molecule is COc1cc2sc(=NC(=O)c3cc(Cl)ccc3Cl)n(C)c2cc1OC. The van der Waals surface area contributed by atoms with Gasteiger partial charge in [-0.15, -0.1) is 0 Å². The quantitative estimate of drug-likeness (QED) is 0.662. The number of hydrogen-bond donors (Lipinski definition) is 0. The van der Waals surface area contributed by atoms with Gasteiger partial charge in [0.2, 0.25) is 0 Å². The number of benzene rings is 2. The van der Waals surface area contributed by atoms with Crippen LogP contribution >= 0.6 is 34.5 Å². The Hall–Kier alpha value is -2.02. The van der Waals surface area contributed by atoms with E-state index in [2.05, 4.69) is 4.99 Å². The number of carbonyl (C=O) groups is 1. The summed E-state index contributed by atoms with van der Waals surface area (Å²) in [4.78, 5) is 17.2. The van der Waals surface area contributed by atoms with Crippen molar-refractivity contribution in [1.82, 2.24) is 4.57 Å². The van der Waals surface area contributed by atoms with Crippen molar-refractivity contribution in [2.45, 2.75) is 0 Å². The van der Waals surface area contributed by atoms with E-state index in [0.29, 0.717) is 26.3 Å². The molecule has 1 amide bonds. The molecular weight excluding hydrogens is 383 g/mol. The maximum atomic E-state index is 12.5. The highest BCUT2D eigenvalue weighted by Gasteiger charge is 2.13. The molecule has 3 aromatic rings. The highest BCUT2D eigenvalue weighted by molar-refractivity contribution is 7.16. The van der Waals surface area contributed by atoms with E-state index in [-0.39, 0.29) is 5.56 Å². The summed E-state index contributed by atoms with van der Waals surface area (Å²) < 4.78 is 13.4. The van der Waals surface area contributed by atoms with Crippen molar-refractivity contribution >= 4 is 50.7 Å². The van der Waals surface area contributed by atoms with Crippen molar-refractivity contribution in [3.8, 4) is 11.5 Å². The predicted octanol–water partition coefficient (Wildman–Crippen LogP) is 4.30. The molecule has 0 aliphatic carbocycles. The molecule has 5 nitrogen and oxygen atoms in total. The van der Waals surface area contributed by atoms with Crippen LogP contribution in [0.4, 0.5) is 0 Å². The third-order valence-corrected chi connectivity index (χ3v) is 5.33. The van der Waals surface area contributed by atoms with Gasteiger partial charge in [0.1, 0.15) is 0 Å². The van der Waals surface area contributed by atoms with Crippen LogP contribution in [0.5, 0.6) is 11.5 Å². The van der Waals surface area contributed by atoms with Gasteiger partial charge in [-0.2, -0.15) is 4.99 Å². The minimum Gasteiger partial charge on any atom is -0.493 e. The summed E-state index contributed by atoms with van der Waals surface area (Å²) in [5, 5.41) is 0.739. The van der Waals surface area contributed by atoms with Crippen molar-refractivity contribution in [3.63, 3.8) is 0 Å². The van der Waals surface area contributed by atoms with Crippen molar-refractivity contribution in [1.29, 1.82) is 0 Å². The van der Waals surface area contributed by atoms with Gasteiger partial charge >= 0.3 is 0 Å². The average molecular weight is 397 g/mol. The second-order valence-corrected chi connectivity index (χ2v) is 7.01. The van der Waals surface area contributed by atoms with Crippen LogP contribution in [0.2, 0.25) is 10.0 Å². The molecule has 130 valence electrons. The molecule has 1 heterocycles. The summed E-state index contributed by atoms with van der Waals surface area (Å²) in [6.07, 6.45) is 0. The number of thiazole rings is 1. The molecule has 25 heavy (non-hydrogen) atoms. The maximum Gasteiger partial charge on any atom is 0.281 e. The maximum absolute atomic E-state index is 12.5. The molecular formula is C17H14Cl2N2O3S. The fourth-order valence-electron chi connectivity index (χ4n) is 2.37. The number of carbonyl (C=O) groups excluding carboxylic acids is 1. The van der Waals surface area contributed by atoms with E-state index in [0.717, 1.165) is 10.2 Å². The number of hydrogen-bond acceptors (Lipinski definition) is 4. The molecule has 0 fully saturated rings. The highest BCUT2D eigenvalue weighted by atomic mass is 35.5. The molecule has 0 aliphatic rings. The van der Waals surface area contributed by atoms with Gasteiger partial charge in [-0.05, 0) is 18.2 Å². The molecule has 0 bridgehead atoms. The summed E-state index contributed by atoms with van der Waals surface area (Å²) in [5.41, 5.74) is 1.15. The molecule has 0 saturated heterocycles. The van der Waals surface area contributed by atoms with Gasteiger partial charge in [0.05, 0.1) is 35.0 Å². The summed E-state index contributed by atoms with van der Waals surface area (Å²) in [6, 6.07) is 8.41. The van der Waals surface area contributed by atoms with Crippen molar-refractivity contribution < 1.29 is 14.3 Å². The molecule has 0 atom stereocenters.